The first-order valence-electron chi connectivity index (χ1n) is 6.87. The Morgan fingerprint density at radius 2 is 1.86 bits per heavy atom. The van der Waals surface area contributed by atoms with Crippen molar-refractivity contribution in [3.8, 4) is 0 Å². The number of hydrogen-bond donors (Lipinski definition) is 1. The summed E-state index contributed by atoms with van der Waals surface area (Å²) in [4.78, 5) is 14.0. The summed E-state index contributed by atoms with van der Waals surface area (Å²) in [6.07, 6.45) is 0.540. The molecule has 118 valence electrons. The van der Waals surface area contributed by atoms with Crippen LogP contribution in [0.15, 0.2) is 23.1 Å². The maximum Gasteiger partial charge on any atom is 0.253 e. The average Bonchev–Trinajstić information content (AvgIpc) is 2.34. The molecular formula is C15H24N2O3S. The number of carbonyl (C=O) groups excluding carboxylic acids is 1. The van der Waals surface area contributed by atoms with Crippen LogP contribution >= 0.6 is 0 Å². The molecule has 0 aromatic heterocycles. The molecule has 0 saturated heterocycles. The van der Waals surface area contributed by atoms with E-state index in [9.17, 15) is 13.2 Å². The highest BCUT2D eigenvalue weighted by Gasteiger charge is 2.21. The topological polar surface area (TPSA) is 80.5 Å². The van der Waals surface area contributed by atoms with Crippen molar-refractivity contribution in [1.29, 1.82) is 0 Å². The van der Waals surface area contributed by atoms with E-state index in [4.69, 9.17) is 5.14 Å². The molecule has 0 radical (unpaired) electrons. The predicted octanol–water partition coefficient (Wildman–Crippen LogP) is 2.01. The highest BCUT2D eigenvalue weighted by Crippen LogP contribution is 2.20. The zero-order valence-electron chi connectivity index (χ0n) is 13.3. The van der Waals surface area contributed by atoms with Gasteiger partial charge in [0.25, 0.3) is 5.91 Å². The van der Waals surface area contributed by atoms with Crippen LogP contribution in [0.2, 0.25) is 0 Å². The van der Waals surface area contributed by atoms with Gasteiger partial charge in [-0.2, -0.15) is 0 Å². The molecule has 1 aromatic carbocycles. The van der Waals surface area contributed by atoms with Crippen molar-refractivity contribution >= 4 is 15.9 Å². The fraction of sp³-hybridized carbons (Fsp3) is 0.533. The van der Waals surface area contributed by atoms with E-state index in [0.29, 0.717) is 24.1 Å². The lowest BCUT2D eigenvalue weighted by atomic mass is 9.96. The smallest absolute Gasteiger partial charge is 0.253 e. The molecule has 5 nitrogen and oxygen atoms in total. The third-order valence-corrected chi connectivity index (χ3v) is 4.05. The van der Waals surface area contributed by atoms with Gasteiger partial charge < -0.3 is 4.90 Å². The summed E-state index contributed by atoms with van der Waals surface area (Å²) in [6, 6.07) is 4.67. The standard InChI is InChI=1S/C15H24N2O3S/c1-6-11-7-8-12(9-13(11)21(16,19)20)14(18)17(5)10-15(2,3)4/h7-9H,6,10H2,1-5H3,(H2,16,19,20). The molecule has 0 bridgehead atoms. The molecule has 0 spiro atoms. The summed E-state index contributed by atoms with van der Waals surface area (Å²) in [5.41, 5.74) is 0.923. The zero-order chi connectivity index (χ0) is 16.4. The van der Waals surface area contributed by atoms with Crippen LogP contribution in [0.4, 0.5) is 0 Å². The number of amides is 1. The first kappa shape index (κ1) is 17.7. The Labute approximate surface area is 127 Å². The molecule has 0 aliphatic carbocycles. The second kappa shape index (κ2) is 6.15. The summed E-state index contributed by atoms with van der Waals surface area (Å²) in [7, 11) is -2.13. The monoisotopic (exact) mass is 312 g/mol. The van der Waals surface area contributed by atoms with Gasteiger partial charge in [-0.1, -0.05) is 33.8 Å². The number of nitrogens with zero attached hydrogens (tertiary/aromatic N) is 1. The largest absolute Gasteiger partial charge is 0.341 e. The molecule has 0 unspecified atom stereocenters. The van der Waals surface area contributed by atoms with Gasteiger partial charge in [0, 0.05) is 19.2 Å². The van der Waals surface area contributed by atoms with E-state index in [0.717, 1.165) is 0 Å². The number of primary sulfonamides is 1. The number of benzene rings is 1. The van der Waals surface area contributed by atoms with Gasteiger partial charge in [0.05, 0.1) is 4.90 Å². The Hall–Kier alpha value is -1.40. The number of carbonyl (C=O) groups is 1. The van der Waals surface area contributed by atoms with Crippen molar-refractivity contribution in [1.82, 2.24) is 4.90 Å². The lowest BCUT2D eigenvalue weighted by Crippen LogP contribution is -2.34. The van der Waals surface area contributed by atoms with Crippen LogP contribution < -0.4 is 5.14 Å². The van der Waals surface area contributed by atoms with Crippen molar-refractivity contribution in [3.63, 3.8) is 0 Å². The van der Waals surface area contributed by atoms with E-state index in [1.807, 2.05) is 27.7 Å². The lowest BCUT2D eigenvalue weighted by Gasteiger charge is -2.26. The fourth-order valence-corrected chi connectivity index (χ4v) is 3.12. The second-order valence-corrected chi connectivity index (χ2v) is 7.97. The SMILES string of the molecule is CCc1ccc(C(=O)N(C)CC(C)(C)C)cc1S(N)(=O)=O. The number of sulfonamides is 1. The van der Waals surface area contributed by atoms with Crippen molar-refractivity contribution in [3.05, 3.63) is 29.3 Å². The molecule has 1 aromatic rings. The van der Waals surface area contributed by atoms with Crippen molar-refractivity contribution < 1.29 is 13.2 Å². The van der Waals surface area contributed by atoms with Crippen molar-refractivity contribution in [2.45, 2.75) is 39.0 Å². The van der Waals surface area contributed by atoms with Gasteiger partial charge in [-0.15, -0.1) is 0 Å². The molecule has 0 aliphatic rings. The van der Waals surface area contributed by atoms with Crippen LogP contribution in [0.3, 0.4) is 0 Å². The van der Waals surface area contributed by atoms with Gasteiger partial charge in [0.1, 0.15) is 0 Å². The van der Waals surface area contributed by atoms with Crippen LogP contribution in [-0.2, 0) is 16.4 Å². The molecular weight excluding hydrogens is 288 g/mol. The van der Waals surface area contributed by atoms with E-state index in [-0.39, 0.29) is 16.2 Å². The summed E-state index contributed by atoms with van der Waals surface area (Å²) in [5, 5.41) is 5.23. The summed E-state index contributed by atoms with van der Waals surface area (Å²) in [6.45, 7) is 8.52. The van der Waals surface area contributed by atoms with Crippen LogP contribution in [0.5, 0.6) is 0 Å². The number of rotatable bonds is 4. The zero-order valence-corrected chi connectivity index (χ0v) is 14.1. The third kappa shape index (κ3) is 4.82. The van der Waals surface area contributed by atoms with E-state index in [1.165, 1.54) is 6.07 Å². The van der Waals surface area contributed by atoms with E-state index < -0.39 is 10.0 Å². The average molecular weight is 312 g/mol. The van der Waals surface area contributed by atoms with Gasteiger partial charge in [0.2, 0.25) is 10.0 Å². The Bertz CT molecular complexity index is 631. The van der Waals surface area contributed by atoms with Gasteiger partial charge >= 0.3 is 0 Å². The molecule has 0 fully saturated rings. The quantitative estimate of drug-likeness (QED) is 0.923. The molecule has 6 heteroatoms. The molecule has 1 rings (SSSR count). The first-order chi connectivity index (χ1) is 9.45. The summed E-state index contributed by atoms with van der Waals surface area (Å²) >= 11 is 0. The van der Waals surface area contributed by atoms with Gasteiger partial charge in [-0.05, 0) is 29.5 Å². The summed E-state index contributed by atoms with van der Waals surface area (Å²) < 4.78 is 23.3. The van der Waals surface area contributed by atoms with E-state index in [1.54, 1.807) is 24.1 Å². The number of hydrogen-bond acceptors (Lipinski definition) is 3. The van der Waals surface area contributed by atoms with Gasteiger partial charge in [0.15, 0.2) is 0 Å². The van der Waals surface area contributed by atoms with Crippen molar-refractivity contribution in [2.75, 3.05) is 13.6 Å². The molecule has 21 heavy (non-hydrogen) atoms. The Kier molecular flexibility index (Phi) is 5.17. The summed E-state index contributed by atoms with van der Waals surface area (Å²) in [5.74, 6) is -0.211. The minimum absolute atomic E-state index is 0.0278. The highest BCUT2D eigenvalue weighted by molar-refractivity contribution is 7.89. The minimum atomic E-state index is -3.83. The van der Waals surface area contributed by atoms with Crippen LogP contribution in [-0.4, -0.2) is 32.8 Å². The Morgan fingerprint density at radius 3 is 2.29 bits per heavy atom. The molecule has 1 amide bonds. The molecule has 0 atom stereocenters. The number of nitrogens with two attached hydrogens (primary N) is 1. The highest BCUT2D eigenvalue weighted by atomic mass is 32.2. The fourth-order valence-electron chi connectivity index (χ4n) is 2.25. The minimum Gasteiger partial charge on any atom is -0.341 e. The Morgan fingerprint density at radius 1 is 1.29 bits per heavy atom. The third-order valence-electron chi connectivity index (χ3n) is 3.06. The molecule has 0 heterocycles. The Balaban J connectivity index is 3.18. The van der Waals surface area contributed by atoms with Crippen molar-refractivity contribution in [2.24, 2.45) is 10.6 Å². The molecule has 0 aliphatic heterocycles. The van der Waals surface area contributed by atoms with Crippen LogP contribution in [0.25, 0.3) is 0 Å². The predicted molar refractivity (Wildman–Crippen MR) is 83.6 cm³/mol. The maximum absolute atomic E-state index is 12.4. The lowest BCUT2D eigenvalue weighted by molar-refractivity contribution is 0.0745. The number of aryl methyl sites for hydroxylation is 1. The van der Waals surface area contributed by atoms with E-state index in [2.05, 4.69) is 0 Å². The molecule has 0 saturated carbocycles. The van der Waals surface area contributed by atoms with Crippen LogP contribution in [0.1, 0.15) is 43.6 Å². The van der Waals surface area contributed by atoms with Crippen LogP contribution in [0, 0.1) is 5.41 Å². The second-order valence-electron chi connectivity index (χ2n) is 6.44. The van der Waals surface area contributed by atoms with E-state index >= 15 is 0 Å². The molecule has 2 N–H and O–H groups in total. The first-order valence-corrected chi connectivity index (χ1v) is 8.41. The van der Waals surface area contributed by atoms with Gasteiger partial charge in [-0.25, -0.2) is 13.6 Å². The van der Waals surface area contributed by atoms with Gasteiger partial charge in [-0.3, -0.25) is 4.79 Å². The normalized spacial score (nSPS) is 12.3. The maximum atomic E-state index is 12.4.